The van der Waals surface area contributed by atoms with Crippen molar-refractivity contribution in [1.82, 2.24) is 9.97 Å². The van der Waals surface area contributed by atoms with Crippen LogP contribution in [-0.2, 0) is 13.1 Å². The van der Waals surface area contributed by atoms with Gasteiger partial charge in [0.25, 0.3) is 0 Å². The summed E-state index contributed by atoms with van der Waals surface area (Å²) in [5.74, 6) is 0.695. The number of aromatic nitrogens is 2. The van der Waals surface area contributed by atoms with Crippen molar-refractivity contribution >= 4 is 5.95 Å². The number of hydrogen-bond acceptors (Lipinski definition) is 5. The quantitative estimate of drug-likeness (QED) is 0.864. The van der Waals surface area contributed by atoms with E-state index in [2.05, 4.69) is 9.97 Å². The van der Waals surface area contributed by atoms with Gasteiger partial charge in [0.05, 0.1) is 12.5 Å². The smallest absolute Gasteiger partial charge is 0.225 e. The molecule has 0 saturated heterocycles. The fourth-order valence-corrected chi connectivity index (χ4v) is 1.59. The first-order valence-electron chi connectivity index (χ1n) is 5.45. The molecule has 2 aromatic heterocycles. The van der Waals surface area contributed by atoms with Crippen LogP contribution in [0.25, 0.3) is 0 Å². The second kappa shape index (κ2) is 4.97. The molecule has 0 spiro atoms. The number of rotatable bonds is 4. The minimum absolute atomic E-state index is 0.470. The predicted molar refractivity (Wildman–Crippen MR) is 65.5 cm³/mol. The van der Waals surface area contributed by atoms with Crippen LogP contribution < -0.4 is 10.6 Å². The van der Waals surface area contributed by atoms with Crippen LogP contribution in [0.3, 0.4) is 0 Å². The summed E-state index contributed by atoms with van der Waals surface area (Å²) in [5, 5.41) is 0. The summed E-state index contributed by atoms with van der Waals surface area (Å²) in [6.45, 7) is 3.13. The van der Waals surface area contributed by atoms with Gasteiger partial charge in [-0.2, -0.15) is 0 Å². The summed E-state index contributed by atoms with van der Waals surface area (Å²) < 4.78 is 5.03. The van der Waals surface area contributed by atoms with Crippen molar-refractivity contribution in [2.45, 2.75) is 20.0 Å². The molecule has 17 heavy (non-hydrogen) atoms. The second-order valence-corrected chi connectivity index (χ2v) is 3.97. The molecular weight excluding hydrogens is 216 g/mol. The third-order valence-corrected chi connectivity index (χ3v) is 2.63. The molecule has 0 radical (unpaired) electrons. The molecule has 0 unspecified atom stereocenters. The summed E-state index contributed by atoms with van der Waals surface area (Å²) in [6.07, 6.45) is 5.16. The molecule has 2 heterocycles. The Balaban J connectivity index is 2.14. The number of furan rings is 1. The Kier molecular flexibility index (Phi) is 3.39. The normalized spacial score (nSPS) is 10.5. The molecular formula is C12H16N4O. The zero-order valence-corrected chi connectivity index (χ0v) is 10.1. The van der Waals surface area contributed by atoms with Gasteiger partial charge in [-0.15, -0.1) is 0 Å². The van der Waals surface area contributed by atoms with E-state index in [9.17, 15) is 0 Å². The van der Waals surface area contributed by atoms with Crippen LogP contribution in [-0.4, -0.2) is 17.0 Å². The molecule has 0 amide bonds. The highest BCUT2D eigenvalue weighted by atomic mass is 16.3. The van der Waals surface area contributed by atoms with E-state index in [4.69, 9.17) is 10.2 Å². The number of nitrogens with two attached hydrogens (primary N) is 1. The lowest BCUT2D eigenvalue weighted by atomic mass is 10.2. The molecule has 0 aliphatic carbocycles. The molecule has 5 nitrogen and oxygen atoms in total. The molecule has 0 atom stereocenters. The fourth-order valence-electron chi connectivity index (χ4n) is 1.59. The predicted octanol–water partition coefficient (Wildman–Crippen LogP) is 1.47. The Morgan fingerprint density at radius 1 is 1.47 bits per heavy atom. The van der Waals surface area contributed by atoms with Crippen molar-refractivity contribution in [3.63, 3.8) is 0 Å². The van der Waals surface area contributed by atoms with Crippen molar-refractivity contribution in [1.29, 1.82) is 0 Å². The Hall–Kier alpha value is -1.88. The van der Waals surface area contributed by atoms with Crippen LogP contribution in [0.15, 0.2) is 29.2 Å². The molecule has 2 aromatic rings. The highest BCUT2D eigenvalue weighted by molar-refractivity contribution is 5.33. The molecule has 0 aliphatic heterocycles. The summed E-state index contributed by atoms with van der Waals surface area (Å²) in [6, 6.07) is 1.93. The fraction of sp³-hybridized carbons (Fsp3) is 0.333. The molecule has 0 bridgehead atoms. The molecule has 0 aromatic carbocycles. The topological polar surface area (TPSA) is 68.2 Å². The average Bonchev–Trinajstić information content (AvgIpc) is 2.81. The summed E-state index contributed by atoms with van der Waals surface area (Å²) >= 11 is 0. The maximum atomic E-state index is 5.58. The van der Waals surface area contributed by atoms with Crippen LogP contribution in [0.2, 0.25) is 0 Å². The summed E-state index contributed by atoms with van der Waals surface area (Å²) in [5.41, 5.74) is 8.58. The third kappa shape index (κ3) is 2.62. The molecule has 0 saturated carbocycles. The summed E-state index contributed by atoms with van der Waals surface area (Å²) in [7, 11) is 1.95. The standard InChI is InChI=1S/C12H16N4O/c1-9-11(5-13)6-14-12(15-9)16(2)7-10-3-4-17-8-10/h3-4,6,8H,5,7,13H2,1-2H3. The average molecular weight is 232 g/mol. The van der Waals surface area contributed by atoms with E-state index in [1.54, 1.807) is 18.7 Å². The SMILES string of the molecule is Cc1nc(N(C)Cc2ccoc2)ncc1CN. The lowest BCUT2D eigenvalue weighted by molar-refractivity contribution is 0.563. The van der Waals surface area contributed by atoms with E-state index in [0.717, 1.165) is 23.4 Å². The maximum Gasteiger partial charge on any atom is 0.225 e. The molecule has 90 valence electrons. The lowest BCUT2D eigenvalue weighted by Crippen LogP contribution is -2.19. The minimum Gasteiger partial charge on any atom is -0.472 e. The van der Waals surface area contributed by atoms with Gasteiger partial charge in [-0.3, -0.25) is 0 Å². The van der Waals surface area contributed by atoms with Crippen molar-refractivity contribution < 1.29 is 4.42 Å². The van der Waals surface area contributed by atoms with E-state index in [1.807, 2.05) is 24.9 Å². The number of anilines is 1. The minimum atomic E-state index is 0.470. The van der Waals surface area contributed by atoms with Gasteiger partial charge < -0.3 is 15.1 Å². The van der Waals surface area contributed by atoms with E-state index < -0.39 is 0 Å². The van der Waals surface area contributed by atoms with E-state index in [1.165, 1.54) is 0 Å². The van der Waals surface area contributed by atoms with Gasteiger partial charge >= 0.3 is 0 Å². The number of aryl methyl sites for hydroxylation is 1. The van der Waals surface area contributed by atoms with Gasteiger partial charge in [-0.1, -0.05) is 0 Å². The van der Waals surface area contributed by atoms with Gasteiger partial charge in [0, 0.05) is 43.2 Å². The first kappa shape index (κ1) is 11.6. The molecule has 2 N–H and O–H groups in total. The Labute approximate surface area is 100 Å². The Morgan fingerprint density at radius 2 is 2.29 bits per heavy atom. The molecule has 5 heteroatoms. The van der Waals surface area contributed by atoms with Crippen molar-refractivity contribution in [3.05, 3.63) is 41.6 Å². The van der Waals surface area contributed by atoms with E-state index in [-0.39, 0.29) is 0 Å². The van der Waals surface area contributed by atoms with Crippen LogP contribution in [0.1, 0.15) is 16.8 Å². The zero-order chi connectivity index (χ0) is 12.3. The van der Waals surface area contributed by atoms with Crippen molar-refractivity contribution in [3.8, 4) is 0 Å². The zero-order valence-electron chi connectivity index (χ0n) is 10.1. The highest BCUT2D eigenvalue weighted by Crippen LogP contribution is 2.12. The first-order valence-corrected chi connectivity index (χ1v) is 5.45. The van der Waals surface area contributed by atoms with E-state index in [0.29, 0.717) is 12.5 Å². The van der Waals surface area contributed by atoms with Crippen molar-refractivity contribution in [2.24, 2.45) is 5.73 Å². The number of nitrogens with zero attached hydrogens (tertiary/aromatic N) is 3. The van der Waals surface area contributed by atoms with Crippen LogP contribution in [0.5, 0.6) is 0 Å². The van der Waals surface area contributed by atoms with Crippen molar-refractivity contribution in [2.75, 3.05) is 11.9 Å². The Bertz CT molecular complexity index is 481. The lowest BCUT2D eigenvalue weighted by Gasteiger charge is -2.16. The van der Waals surface area contributed by atoms with Crippen LogP contribution in [0, 0.1) is 6.92 Å². The maximum absolute atomic E-state index is 5.58. The molecule has 2 rings (SSSR count). The van der Waals surface area contributed by atoms with Crippen LogP contribution >= 0.6 is 0 Å². The largest absolute Gasteiger partial charge is 0.472 e. The second-order valence-electron chi connectivity index (χ2n) is 3.97. The molecule has 0 aliphatic rings. The number of hydrogen-bond donors (Lipinski definition) is 1. The van der Waals surface area contributed by atoms with Gasteiger partial charge in [-0.05, 0) is 13.0 Å². The Morgan fingerprint density at radius 3 is 2.88 bits per heavy atom. The summed E-state index contributed by atoms with van der Waals surface area (Å²) in [4.78, 5) is 10.7. The molecule has 0 fully saturated rings. The third-order valence-electron chi connectivity index (χ3n) is 2.63. The highest BCUT2D eigenvalue weighted by Gasteiger charge is 2.08. The van der Waals surface area contributed by atoms with Gasteiger partial charge in [-0.25, -0.2) is 9.97 Å². The van der Waals surface area contributed by atoms with E-state index >= 15 is 0 Å². The van der Waals surface area contributed by atoms with Gasteiger partial charge in [0.15, 0.2) is 0 Å². The van der Waals surface area contributed by atoms with Crippen LogP contribution in [0.4, 0.5) is 5.95 Å². The monoisotopic (exact) mass is 232 g/mol. The van der Waals surface area contributed by atoms with Gasteiger partial charge in [0.1, 0.15) is 0 Å². The van der Waals surface area contributed by atoms with Gasteiger partial charge in [0.2, 0.25) is 5.95 Å². The first-order chi connectivity index (χ1) is 8.20.